The molecule has 0 fully saturated rings. The molecule has 1 heterocycles. The largest absolute Gasteiger partial charge is 0.492 e. The lowest BCUT2D eigenvalue weighted by molar-refractivity contribution is -0.127. The first-order chi connectivity index (χ1) is 12.4. The number of nitrogens with one attached hydrogen (secondary N) is 2. The van der Waals surface area contributed by atoms with Gasteiger partial charge in [0.2, 0.25) is 11.8 Å². The summed E-state index contributed by atoms with van der Waals surface area (Å²) >= 11 is 0. The zero-order valence-corrected chi connectivity index (χ0v) is 15.7. The van der Waals surface area contributed by atoms with Crippen LogP contribution in [0.1, 0.15) is 31.7 Å². The van der Waals surface area contributed by atoms with Crippen LogP contribution in [0.4, 0.5) is 5.69 Å². The van der Waals surface area contributed by atoms with E-state index in [1.54, 1.807) is 18.2 Å². The zero-order valence-electron chi connectivity index (χ0n) is 15.7. The van der Waals surface area contributed by atoms with Gasteiger partial charge >= 0.3 is 0 Å². The average Bonchev–Trinajstić information content (AvgIpc) is 2.86. The predicted octanol–water partition coefficient (Wildman–Crippen LogP) is 2.43. The number of rotatable bonds is 8. The van der Waals surface area contributed by atoms with Crippen LogP contribution in [0, 0.1) is 13.8 Å². The molecule has 2 N–H and O–H groups in total. The van der Waals surface area contributed by atoms with Crippen molar-refractivity contribution < 1.29 is 14.3 Å². The molecular formula is C19H26N4O3. The quantitative estimate of drug-likeness (QED) is 0.710. The van der Waals surface area contributed by atoms with Crippen molar-refractivity contribution >= 4 is 17.5 Å². The van der Waals surface area contributed by atoms with Gasteiger partial charge in [-0.25, -0.2) is 0 Å². The Bertz CT molecular complexity index is 770. The highest BCUT2D eigenvalue weighted by Gasteiger charge is 2.15. The van der Waals surface area contributed by atoms with E-state index in [9.17, 15) is 9.59 Å². The molecule has 0 bridgehead atoms. The van der Waals surface area contributed by atoms with E-state index < -0.39 is 0 Å². The van der Waals surface area contributed by atoms with Crippen molar-refractivity contribution in [1.29, 1.82) is 0 Å². The predicted molar refractivity (Wildman–Crippen MR) is 100 cm³/mol. The monoisotopic (exact) mass is 358 g/mol. The lowest BCUT2D eigenvalue weighted by Gasteiger charge is -2.15. The molecule has 0 aliphatic carbocycles. The minimum atomic E-state index is -0.382. The number of nitrogens with zero attached hydrogens (tertiary/aromatic N) is 2. The van der Waals surface area contributed by atoms with Crippen molar-refractivity contribution in [1.82, 2.24) is 15.1 Å². The first-order valence-corrected chi connectivity index (χ1v) is 8.71. The first kappa shape index (κ1) is 19.5. The standard InChI is InChI=1S/C19H26N4O3/c1-5-26-17-9-7-6-8-16(17)21-19(25)11-18(24)20-14(3)12-23-15(4)10-13(2)22-23/h6-10,14H,5,11-12H2,1-4H3,(H,20,24)(H,21,25)/t14-/m0/s1. The van der Waals surface area contributed by atoms with Crippen LogP contribution < -0.4 is 15.4 Å². The van der Waals surface area contributed by atoms with Crippen LogP contribution in [0.2, 0.25) is 0 Å². The number of hydrogen-bond acceptors (Lipinski definition) is 4. The Hall–Kier alpha value is -2.83. The molecule has 2 aromatic rings. The summed E-state index contributed by atoms with van der Waals surface area (Å²) in [5.41, 5.74) is 2.53. The third-order valence-electron chi connectivity index (χ3n) is 3.74. The van der Waals surface area contributed by atoms with Crippen LogP contribution in [0.15, 0.2) is 30.3 Å². The SMILES string of the molecule is CCOc1ccccc1NC(=O)CC(=O)N[C@@H](C)Cn1nc(C)cc1C. The number of aryl methyl sites for hydroxylation is 2. The van der Waals surface area contributed by atoms with Crippen molar-refractivity contribution in [2.75, 3.05) is 11.9 Å². The van der Waals surface area contributed by atoms with Crippen molar-refractivity contribution in [3.63, 3.8) is 0 Å². The molecule has 1 aromatic carbocycles. The molecular weight excluding hydrogens is 332 g/mol. The molecule has 0 saturated carbocycles. The number of anilines is 1. The Morgan fingerprint density at radius 3 is 2.62 bits per heavy atom. The molecule has 0 saturated heterocycles. The van der Waals surface area contributed by atoms with Crippen LogP contribution in [0.25, 0.3) is 0 Å². The maximum absolute atomic E-state index is 12.1. The molecule has 140 valence electrons. The van der Waals surface area contributed by atoms with E-state index >= 15 is 0 Å². The van der Waals surface area contributed by atoms with E-state index in [1.165, 1.54) is 0 Å². The summed E-state index contributed by atoms with van der Waals surface area (Å²) in [7, 11) is 0. The minimum Gasteiger partial charge on any atom is -0.492 e. The second-order valence-electron chi connectivity index (χ2n) is 6.23. The Morgan fingerprint density at radius 1 is 1.23 bits per heavy atom. The summed E-state index contributed by atoms with van der Waals surface area (Å²) in [4.78, 5) is 24.2. The fourth-order valence-corrected chi connectivity index (χ4v) is 2.68. The smallest absolute Gasteiger partial charge is 0.233 e. The molecule has 7 nitrogen and oxygen atoms in total. The summed E-state index contributed by atoms with van der Waals surface area (Å²) in [6.45, 7) is 8.71. The van der Waals surface area contributed by atoms with Gasteiger partial charge in [-0.2, -0.15) is 5.10 Å². The summed E-state index contributed by atoms with van der Waals surface area (Å²) in [6.07, 6.45) is -0.248. The fraction of sp³-hybridized carbons (Fsp3) is 0.421. The number of carbonyl (C=O) groups excluding carboxylic acids is 2. The maximum Gasteiger partial charge on any atom is 0.233 e. The molecule has 1 aromatic heterocycles. The number of amides is 2. The first-order valence-electron chi connectivity index (χ1n) is 8.71. The summed E-state index contributed by atoms with van der Waals surface area (Å²) in [5, 5.41) is 9.92. The minimum absolute atomic E-state index is 0.135. The number of hydrogen-bond donors (Lipinski definition) is 2. The van der Waals surface area contributed by atoms with Gasteiger partial charge in [-0.15, -0.1) is 0 Å². The third-order valence-corrected chi connectivity index (χ3v) is 3.74. The van der Waals surface area contributed by atoms with Crippen LogP contribution in [0.3, 0.4) is 0 Å². The van der Waals surface area contributed by atoms with E-state index in [-0.39, 0.29) is 24.3 Å². The van der Waals surface area contributed by atoms with Crippen LogP contribution in [-0.4, -0.2) is 34.2 Å². The molecule has 2 rings (SSSR count). The van der Waals surface area contributed by atoms with Crippen LogP contribution >= 0.6 is 0 Å². The van der Waals surface area contributed by atoms with E-state index in [4.69, 9.17) is 4.74 Å². The molecule has 0 unspecified atom stereocenters. The Labute approximate surface area is 153 Å². The summed E-state index contributed by atoms with van der Waals surface area (Å²) in [6, 6.07) is 8.99. The Kier molecular flexibility index (Phi) is 6.77. The topological polar surface area (TPSA) is 85.2 Å². The molecule has 1 atom stereocenters. The van der Waals surface area contributed by atoms with Gasteiger partial charge in [0.1, 0.15) is 12.2 Å². The second-order valence-corrected chi connectivity index (χ2v) is 6.23. The van der Waals surface area contributed by atoms with Gasteiger partial charge in [0, 0.05) is 11.7 Å². The number of carbonyl (C=O) groups is 2. The normalized spacial score (nSPS) is 11.7. The van der Waals surface area contributed by atoms with Crippen molar-refractivity contribution in [3.05, 3.63) is 41.7 Å². The fourth-order valence-electron chi connectivity index (χ4n) is 2.68. The van der Waals surface area contributed by atoms with Gasteiger partial charge in [0.25, 0.3) is 0 Å². The van der Waals surface area contributed by atoms with Gasteiger partial charge in [0.05, 0.1) is 24.5 Å². The molecule has 7 heteroatoms. The molecule has 0 radical (unpaired) electrons. The average molecular weight is 358 g/mol. The maximum atomic E-state index is 12.1. The van der Waals surface area contributed by atoms with Crippen LogP contribution in [0.5, 0.6) is 5.75 Å². The Morgan fingerprint density at radius 2 is 1.96 bits per heavy atom. The van der Waals surface area contributed by atoms with Gasteiger partial charge in [-0.05, 0) is 45.9 Å². The number of para-hydroxylation sites is 2. The Balaban J connectivity index is 1.85. The van der Waals surface area contributed by atoms with E-state index in [1.807, 2.05) is 44.5 Å². The van der Waals surface area contributed by atoms with Crippen molar-refractivity contribution in [3.8, 4) is 5.75 Å². The highest BCUT2D eigenvalue weighted by molar-refractivity contribution is 6.04. The van der Waals surface area contributed by atoms with Gasteiger partial charge in [-0.3, -0.25) is 14.3 Å². The van der Waals surface area contributed by atoms with Crippen LogP contribution in [-0.2, 0) is 16.1 Å². The van der Waals surface area contributed by atoms with E-state index in [2.05, 4.69) is 15.7 Å². The molecule has 0 spiro atoms. The second kappa shape index (κ2) is 9.03. The number of ether oxygens (including phenoxy) is 1. The molecule has 0 aliphatic heterocycles. The third kappa shape index (κ3) is 5.61. The summed E-state index contributed by atoms with van der Waals surface area (Å²) in [5.74, 6) is -0.125. The summed E-state index contributed by atoms with van der Waals surface area (Å²) < 4.78 is 7.31. The molecule has 0 aliphatic rings. The number of benzene rings is 1. The zero-order chi connectivity index (χ0) is 19.1. The van der Waals surface area contributed by atoms with Gasteiger partial charge < -0.3 is 15.4 Å². The number of aromatic nitrogens is 2. The highest BCUT2D eigenvalue weighted by atomic mass is 16.5. The highest BCUT2D eigenvalue weighted by Crippen LogP contribution is 2.23. The van der Waals surface area contributed by atoms with Crippen molar-refractivity contribution in [2.24, 2.45) is 0 Å². The van der Waals surface area contributed by atoms with Gasteiger partial charge in [-0.1, -0.05) is 12.1 Å². The van der Waals surface area contributed by atoms with E-state index in [0.717, 1.165) is 11.4 Å². The molecule has 26 heavy (non-hydrogen) atoms. The molecule has 2 amide bonds. The van der Waals surface area contributed by atoms with Crippen molar-refractivity contribution in [2.45, 2.75) is 46.7 Å². The van der Waals surface area contributed by atoms with E-state index in [0.29, 0.717) is 24.6 Å². The lowest BCUT2D eigenvalue weighted by Crippen LogP contribution is -2.37. The lowest BCUT2D eigenvalue weighted by atomic mass is 10.2. The van der Waals surface area contributed by atoms with Gasteiger partial charge in [0.15, 0.2) is 0 Å².